The molecule has 3 heterocycles. The predicted molar refractivity (Wildman–Crippen MR) is 94.3 cm³/mol. The first-order valence-electron chi connectivity index (χ1n) is 9.48. The third kappa shape index (κ3) is 2.40. The van der Waals surface area contributed by atoms with Crippen LogP contribution in [0.25, 0.3) is 0 Å². The molecule has 7 heteroatoms. The summed E-state index contributed by atoms with van der Waals surface area (Å²) >= 11 is 0. The predicted octanol–water partition coefficient (Wildman–Crippen LogP) is 2.26. The Balaban J connectivity index is 1.47. The number of carbonyl (C=O) groups is 1. The zero-order valence-corrected chi connectivity index (χ0v) is 15.2. The average molecular weight is 353 g/mol. The van der Waals surface area contributed by atoms with Gasteiger partial charge in [0.15, 0.2) is 5.82 Å². The van der Waals surface area contributed by atoms with Gasteiger partial charge in [0.1, 0.15) is 11.4 Å². The van der Waals surface area contributed by atoms with Gasteiger partial charge in [0.05, 0.1) is 19.7 Å². The highest BCUT2D eigenvalue weighted by Crippen LogP contribution is 2.39. The molecule has 0 unspecified atom stereocenters. The molecule has 0 N–H and O–H groups in total. The van der Waals surface area contributed by atoms with Crippen molar-refractivity contribution in [3.63, 3.8) is 0 Å². The van der Waals surface area contributed by atoms with Crippen LogP contribution in [0.3, 0.4) is 0 Å². The lowest BCUT2D eigenvalue weighted by molar-refractivity contribution is 0.0626. The van der Waals surface area contributed by atoms with E-state index in [1.807, 2.05) is 22.6 Å². The van der Waals surface area contributed by atoms with Crippen LogP contribution < -0.4 is 4.74 Å². The standard InChI is InChI=1S/C19H23N5O2/c1-11-17-21-16(12-6-7-12)22-24(17)9-8-23(11)19(25)14-10-13-4-3-5-15(13)20-18(14)26-2/h10-12H,3-9H2,1-2H3/t11-/m1/s1. The monoisotopic (exact) mass is 353 g/mol. The molecule has 3 aliphatic rings. The number of aryl methyl sites for hydroxylation is 2. The Morgan fingerprint density at radius 2 is 2.08 bits per heavy atom. The Kier molecular flexibility index (Phi) is 3.52. The van der Waals surface area contributed by atoms with Gasteiger partial charge >= 0.3 is 0 Å². The lowest BCUT2D eigenvalue weighted by Gasteiger charge is -2.33. The quantitative estimate of drug-likeness (QED) is 0.846. The number of pyridine rings is 1. The van der Waals surface area contributed by atoms with Gasteiger partial charge in [-0.1, -0.05) is 0 Å². The van der Waals surface area contributed by atoms with E-state index >= 15 is 0 Å². The van der Waals surface area contributed by atoms with Crippen LogP contribution in [0.5, 0.6) is 5.88 Å². The van der Waals surface area contributed by atoms with Gasteiger partial charge < -0.3 is 9.64 Å². The largest absolute Gasteiger partial charge is 0.480 e. The van der Waals surface area contributed by atoms with Gasteiger partial charge in [0, 0.05) is 18.2 Å². The lowest BCUT2D eigenvalue weighted by Crippen LogP contribution is -2.41. The summed E-state index contributed by atoms with van der Waals surface area (Å²) in [7, 11) is 1.58. The molecule has 136 valence electrons. The third-order valence-corrected chi connectivity index (χ3v) is 5.75. The van der Waals surface area contributed by atoms with Gasteiger partial charge in [0.2, 0.25) is 5.88 Å². The molecule has 2 aliphatic carbocycles. The second-order valence-electron chi connectivity index (χ2n) is 7.50. The number of fused-ring (bicyclic) bond motifs is 2. The van der Waals surface area contributed by atoms with Gasteiger partial charge in [-0.2, -0.15) is 5.10 Å². The Labute approximate surface area is 152 Å². The molecule has 5 rings (SSSR count). The molecule has 1 fully saturated rings. The summed E-state index contributed by atoms with van der Waals surface area (Å²) in [5.41, 5.74) is 2.81. The van der Waals surface area contributed by atoms with Gasteiger partial charge in [-0.25, -0.2) is 14.6 Å². The summed E-state index contributed by atoms with van der Waals surface area (Å²) in [4.78, 5) is 24.5. The van der Waals surface area contributed by atoms with Crippen molar-refractivity contribution in [1.29, 1.82) is 0 Å². The van der Waals surface area contributed by atoms with E-state index in [-0.39, 0.29) is 11.9 Å². The highest BCUT2D eigenvalue weighted by atomic mass is 16.5. The van der Waals surface area contributed by atoms with Crippen LogP contribution in [-0.4, -0.2) is 44.2 Å². The van der Waals surface area contributed by atoms with Crippen LogP contribution in [-0.2, 0) is 19.4 Å². The molecule has 2 aromatic heterocycles. The van der Waals surface area contributed by atoms with Crippen LogP contribution in [0.2, 0.25) is 0 Å². The minimum absolute atomic E-state index is 0.0289. The van der Waals surface area contributed by atoms with E-state index in [1.165, 1.54) is 18.4 Å². The minimum Gasteiger partial charge on any atom is -0.480 e. The van der Waals surface area contributed by atoms with E-state index in [0.717, 1.165) is 36.6 Å². The topological polar surface area (TPSA) is 73.1 Å². The highest BCUT2D eigenvalue weighted by molar-refractivity contribution is 5.97. The number of carbonyl (C=O) groups excluding carboxylic acids is 1. The Hall–Kier alpha value is -2.44. The Bertz CT molecular complexity index is 886. The number of hydrogen-bond acceptors (Lipinski definition) is 5. The van der Waals surface area contributed by atoms with Crippen LogP contribution in [0.15, 0.2) is 6.07 Å². The van der Waals surface area contributed by atoms with Crippen molar-refractivity contribution in [2.24, 2.45) is 0 Å². The fraction of sp³-hybridized carbons (Fsp3) is 0.579. The van der Waals surface area contributed by atoms with Gasteiger partial charge in [-0.15, -0.1) is 0 Å². The van der Waals surface area contributed by atoms with Crippen molar-refractivity contribution in [3.05, 3.63) is 34.5 Å². The molecule has 26 heavy (non-hydrogen) atoms. The Morgan fingerprint density at radius 3 is 2.85 bits per heavy atom. The summed E-state index contributed by atoms with van der Waals surface area (Å²) in [6.07, 6.45) is 5.40. The molecule has 1 saturated carbocycles. The fourth-order valence-corrected chi connectivity index (χ4v) is 4.09. The molecule has 7 nitrogen and oxygen atoms in total. The first-order valence-corrected chi connectivity index (χ1v) is 9.48. The summed E-state index contributed by atoms with van der Waals surface area (Å²) in [5.74, 6) is 2.76. The highest BCUT2D eigenvalue weighted by Gasteiger charge is 2.36. The van der Waals surface area contributed by atoms with Crippen molar-refractivity contribution in [3.8, 4) is 5.88 Å². The van der Waals surface area contributed by atoms with Gasteiger partial charge in [-0.3, -0.25) is 4.79 Å². The number of rotatable bonds is 3. The molecule has 0 bridgehead atoms. The maximum Gasteiger partial charge on any atom is 0.260 e. The summed E-state index contributed by atoms with van der Waals surface area (Å²) < 4.78 is 7.41. The number of methoxy groups -OCH3 is 1. The smallest absolute Gasteiger partial charge is 0.260 e. The van der Waals surface area contributed by atoms with Gasteiger partial charge in [-0.05, 0) is 50.7 Å². The molecule has 0 saturated heterocycles. The molecular weight excluding hydrogens is 330 g/mol. The molecule has 1 aliphatic heterocycles. The van der Waals surface area contributed by atoms with Gasteiger partial charge in [0.25, 0.3) is 5.91 Å². The van der Waals surface area contributed by atoms with Crippen molar-refractivity contribution in [1.82, 2.24) is 24.6 Å². The first kappa shape index (κ1) is 15.8. The maximum atomic E-state index is 13.3. The van der Waals surface area contributed by atoms with E-state index in [1.54, 1.807) is 7.11 Å². The fourth-order valence-electron chi connectivity index (χ4n) is 4.09. The maximum absolute atomic E-state index is 13.3. The average Bonchev–Trinajstić information content (AvgIpc) is 3.24. The first-order chi connectivity index (χ1) is 12.7. The lowest BCUT2D eigenvalue weighted by atomic mass is 10.1. The van der Waals surface area contributed by atoms with E-state index in [4.69, 9.17) is 9.72 Å². The molecule has 2 aromatic rings. The van der Waals surface area contributed by atoms with Crippen LogP contribution >= 0.6 is 0 Å². The summed E-state index contributed by atoms with van der Waals surface area (Å²) in [5, 5.41) is 4.64. The van der Waals surface area contributed by atoms with Crippen molar-refractivity contribution >= 4 is 5.91 Å². The summed E-state index contributed by atoms with van der Waals surface area (Å²) in [6, 6.07) is 1.88. The zero-order valence-electron chi connectivity index (χ0n) is 15.2. The number of amides is 1. The molecule has 0 radical (unpaired) electrons. The number of ether oxygens (including phenoxy) is 1. The van der Waals surface area contributed by atoms with E-state index in [2.05, 4.69) is 10.1 Å². The molecule has 1 amide bonds. The van der Waals surface area contributed by atoms with Crippen LogP contribution in [0.1, 0.15) is 71.4 Å². The number of hydrogen-bond donors (Lipinski definition) is 0. The SMILES string of the molecule is COc1nc2c(cc1C(=O)N1CCn3nc(C4CC4)nc3[C@H]1C)CCC2. The van der Waals surface area contributed by atoms with E-state index < -0.39 is 0 Å². The zero-order chi connectivity index (χ0) is 17.8. The second-order valence-corrected chi connectivity index (χ2v) is 7.50. The van der Waals surface area contributed by atoms with Crippen molar-refractivity contribution in [2.45, 2.75) is 57.5 Å². The number of nitrogens with zero attached hydrogens (tertiary/aromatic N) is 5. The van der Waals surface area contributed by atoms with E-state index in [9.17, 15) is 4.79 Å². The molecule has 0 spiro atoms. The van der Waals surface area contributed by atoms with Crippen LogP contribution in [0, 0.1) is 0 Å². The molecule has 0 aromatic carbocycles. The van der Waals surface area contributed by atoms with Crippen molar-refractivity contribution in [2.75, 3.05) is 13.7 Å². The van der Waals surface area contributed by atoms with Crippen LogP contribution in [0.4, 0.5) is 0 Å². The normalized spacial score (nSPS) is 21.5. The van der Waals surface area contributed by atoms with Crippen molar-refractivity contribution < 1.29 is 9.53 Å². The third-order valence-electron chi connectivity index (χ3n) is 5.75. The summed E-state index contributed by atoms with van der Waals surface area (Å²) in [6.45, 7) is 3.34. The molecule has 1 atom stereocenters. The second kappa shape index (κ2) is 5.79. The Morgan fingerprint density at radius 1 is 1.23 bits per heavy atom. The number of aromatic nitrogens is 4. The molecular formula is C19H23N5O2. The van der Waals surface area contributed by atoms with E-state index in [0.29, 0.717) is 30.5 Å². The minimum atomic E-state index is -0.103.